The second-order valence-electron chi connectivity index (χ2n) is 7.03. The first kappa shape index (κ1) is 21.6. The first-order valence-electron chi connectivity index (χ1n) is 9.93. The molecule has 158 valence electrons. The van der Waals surface area contributed by atoms with Gasteiger partial charge in [-0.1, -0.05) is 18.2 Å². The van der Waals surface area contributed by atoms with Crippen molar-refractivity contribution < 1.29 is 19.4 Å². The molecule has 0 aromatic carbocycles. The molecule has 3 atom stereocenters. The molecular weight excluding hydrogens is 384 g/mol. The molecule has 3 N–H and O–H groups in total. The minimum absolute atomic E-state index is 0.131. The molecule has 1 aliphatic rings. The van der Waals surface area contributed by atoms with E-state index in [1.54, 1.807) is 42.9 Å². The van der Waals surface area contributed by atoms with E-state index in [-0.39, 0.29) is 31.3 Å². The SMILES string of the molecule is O=C(C[C@@H]1C=C[C@H](NC(=O)Cc2ccccn2)[C@H](CO)O1)NCCc1ccncc1. The van der Waals surface area contributed by atoms with Crippen LogP contribution in [-0.2, 0) is 27.2 Å². The Morgan fingerprint density at radius 3 is 2.63 bits per heavy atom. The van der Waals surface area contributed by atoms with E-state index in [2.05, 4.69) is 20.6 Å². The zero-order valence-corrected chi connectivity index (χ0v) is 16.6. The fraction of sp³-hybridized carbons (Fsp3) is 0.364. The molecule has 8 nitrogen and oxygen atoms in total. The van der Waals surface area contributed by atoms with E-state index in [1.165, 1.54) is 0 Å². The molecule has 3 heterocycles. The van der Waals surface area contributed by atoms with Gasteiger partial charge in [0.1, 0.15) is 6.10 Å². The largest absolute Gasteiger partial charge is 0.394 e. The number of aliphatic hydroxyl groups is 1. The van der Waals surface area contributed by atoms with E-state index in [9.17, 15) is 14.7 Å². The third-order valence-corrected chi connectivity index (χ3v) is 4.73. The first-order chi connectivity index (χ1) is 14.6. The predicted molar refractivity (Wildman–Crippen MR) is 110 cm³/mol. The van der Waals surface area contributed by atoms with E-state index in [0.717, 1.165) is 12.0 Å². The van der Waals surface area contributed by atoms with Crippen LogP contribution in [0.5, 0.6) is 0 Å². The van der Waals surface area contributed by atoms with Crippen molar-refractivity contribution in [1.29, 1.82) is 0 Å². The molecule has 1 aliphatic heterocycles. The summed E-state index contributed by atoms with van der Waals surface area (Å²) in [6, 6.07) is 8.75. The summed E-state index contributed by atoms with van der Waals surface area (Å²) >= 11 is 0. The van der Waals surface area contributed by atoms with E-state index < -0.39 is 18.2 Å². The third kappa shape index (κ3) is 6.75. The Bertz CT molecular complexity index is 845. The lowest BCUT2D eigenvalue weighted by Gasteiger charge is -2.31. The lowest BCUT2D eigenvalue weighted by molar-refractivity contribution is -0.128. The number of carbonyl (C=O) groups is 2. The van der Waals surface area contributed by atoms with Gasteiger partial charge in [-0.2, -0.15) is 0 Å². The average Bonchev–Trinajstić information content (AvgIpc) is 2.76. The standard InChI is InChI=1S/C22H26N4O4/c27-15-20-19(26-22(29)13-17-3-1-2-9-24-17)5-4-18(30-20)14-21(28)25-12-8-16-6-10-23-11-7-16/h1-7,9-11,18-20,27H,8,12-15H2,(H,25,28)(H,26,29)/t18-,19-,20-/m0/s1. The minimum atomic E-state index is -0.614. The Hall–Kier alpha value is -3.10. The van der Waals surface area contributed by atoms with Crippen molar-refractivity contribution in [1.82, 2.24) is 20.6 Å². The molecule has 0 fully saturated rings. The van der Waals surface area contributed by atoms with Crippen molar-refractivity contribution in [2.75, 3.05) is 13.2 Å². The Kier molecular flexibility index (Phi) is 8.05. The second kappa shape index (κ2) is 11.2. The number of pyridine rings is 2. The van der Waals surface area contributed by atoms with Crippen LogP contribution in [0, 0.1) is 0 Å². The van der Waals surface area contributed by atoms with Crippen LogP contribution in [0.25, 0.3) is 0 Å². The van der Waals surface area contributed by atoms with E-state index in [1.807, 2.05) is 18.2 Å². The van der Waals surface area contributed by atoms with Gasteiger partial charge in [-0.25, -0.2) is 0 Å². The molecular formula is C22H26N4O4. The van der Waals surface area contributed by atoms with Crippen LogP contribution in [-0.4, -0.2) is 58.3 Å². The Morgan fingerprint density at radius 1 is 1.07 bits per heavy atom. The van der Waals surface area contributed by atoms with Crippen LogP contribution in [0.3, 0.4) is 0 Å². The number of rotatable bonds is 9. The monoisotopic (exact) mass is 410 g/mol. The van der Waals surface area contributed by atoms with Crippen LogP contribution in [0.15, 0.2) is 61.1 Å². The topological polar surface area (TPSA) is 113 Å². The normalized spacial score (nSPS) is 20.5. The maximum absolute atomic E-state index is 12.2. The van der Waals surface area contributed by atoms with Crippen molar-refractivity contribution >= 4 is 11.8 Å². The first-order valence-corrected chi connectivity index (χ1v) is 9.93. The van der Waals surface area contributed by atoms with Gasteiger partial charge in [-0.3, -0.25) is 19.6 Å². The van der Waals surface area contributed by atoms with Crippen molar-refractivity contribution in [2.45, 2.75) is 37.5 Å². The van der Waals surface area contributed by atoms with E-state index in [4.69, 9.17) is 4.74 Å². The lowest BCUT2D eigenvalue weighted by atomic mass is 10.0. The molecule has 0 bridgehead atoms. The summed E-state index contributed by atoms with van der Waals surface area (Å²) in [6.07, 6.45) is 8.55. The number of hydrogen-bond acceptors (Lipinski definition) is 6. The molecule has 2 aromatic heterocycles. The zero-order valence-electron chi connectivity index (χ0n) is 16.6. The van der Waals surface area contributed by atoms with Gasteiger partial charge in [0.05, 0.1) is 31.6 Å². The highest BCUT2D eigenvalue weighted by molar-refractivity contribution is 5.79. The van der Waals surface area contributed by atoms with Gasteiger partial charge in [0.25, 0.3) is 0 Å². The van der Waals surface area contributed by atoms with Crippen LogP contribution in [0.2, 0.25) is 0 Å². The fourth-order valence-electron chi connectivity index (χ4n) is 3.19. The van der Waals surface area contributed by atoms with Gasteiger partial charge in [-0.05, 0) is 36.2 Å². The highest BCUT2D eigenvalue weighted by Gasteiger charge is 2.29. The fourth-order valence-corrected chi connectivity index (χ4v) is 3.19. The van der Waals surface area contributed by atoms with Crippen molar-refractivity contribution in [3.8, 4) is 0 Å². The summed E-state index contributed by atoms with van der Waals surface area (Å²) in [7, 11) is 0. The van der Waals surface area contributed by atoms with Crippen LogP contribution in [0.4, 0.5) is 0 Å². The number of nitrogens with zero attached hydrogens (tertiary/aromatic N) is 2. The molecule has 3 rings (SSSR count). The molecule has 2 amide bonds. The molecule has 0 aliphatic carbocycles. The summed E-state index contributed by atoms with van der Waals surface area (Å²) in [5, 5.41) is 15.4. The van der Waals surface area contributed by atoms with Crippen LogP contribution in [0.1, 0.15) is 17.7 Å². The quantitative estimate of drug-likeness (QED) is 0.521. The van der Waals surface area contributed by atoms with Crippen LogP contribution >= 0.6 is 0 Å². The van der Waals surface area contributed by atoms with Crippen LogP contribution < -0.4 is 10.6 Å². The maximum Gasteiger partial charge on any atom is 0.226 e. The number of carbonyl (C=O) groups excluding carboxylic acids is 2. The van der Waals surface area contributed by atoms with Gasteiger partial charge in [-0.15, -0.1) is 0 Å². The Labute approximate surface area is 175 Å². The predicted octanol–water partition coefficient (Wildman–Crippen LogP) is 0.569. The van der Waals surface area contributed by atoms with Gasteiger partial charge in [0.15, 0.2) is 0 Å². The molecule has 0 spiro atoms. The number of ether oxygens (including phenoxy) is 1. The molecule has 0 saturated heterocycles. The lowest BCUT2D eigenvalue weighted by Crippen LogP contribution is -2.49. The van der Waals surface area contributed by atoms with E-state index in [0.29, 0.717) is 12.2 Å². The van der Waals surface area contributed by atoms with Gasteiger partial charge < -0.3 is 20.5 Å². The smallest absolute Gasteiger partial charge is 0.226 e. The number of aromatic nitrogens is 2. The number of aliphatic hydroxyl groups excluding tert-OH is 1. The molecule has 30 heavy (non-hydrogen) atoms. The summed E-state index contributed by atoms with van der Waals surface area (Å²) < 4.78 is 5.80. The zero-order chi connectivity index (χ0) is 21.2. The van der Waals surface area contributed by atoms with E-state index >= 15 is 0 Å². The number of amides is 2. The van der Waals surface area contributed by atoms with Crippen molar-refractivity contribution in [3.63, 3.8) is 0 Å². The summed E-state index contributed by atoms with van der Waals surface area (Å²) in [6.45, 7) is 0.258. The summed E-state index contributed by atoms with van der Waals surface area (Å²) in [5.74, 6) is -0.342. The average molecular weight is 410 g/mol. The van der Waals surface area contributed by atoms with Crippen molar-refractivity contribution in [3.05, 3.63) is 72.3 Å². The molecule has 8 heteroatoms. The Balaban J connectivity index is 1.44. The van der Waals surface area contributed by atoms with Gasteiger partial charge >= 0.3 is 0 Å². The molecule has 0 saturated carbocycles. The second-order valence-corrected chi connectivity index (χ2v) is 7.03. The minimum Gasteiger partial charge on any atom is -0.394 e. The highest BCUT2D eigenvalue weighted by atomic mass is 16.5. The van der Waals surface area contributed by atoms with Gasteiger partial charge in [0.2, 0.25) is 11.8 Å². The van der Waals surface area contributed by atoms with Crippen molar-refractivity contribution in [2.24, 2.45) is 0 Å². The molecule has 0 unspecified atom stereocenters. The number of hydrogen-bond donors (Lipinski definition) is 3. The highest BCUT2D eigenvalue weighted by Crippen LogP contribution is 2.16. The Morgan fingerprint density at radius 2 is 1.90 bits per heavy atom. The maximum atomic E-state index is 12.2. The molecule has 0 radical (unpaired) electrons. The molecule has 2 aromatic rings. The van der Waals surface area contributed by atoms with Gasteiger partial charge in [0, 0.05) is 30.8 Å². The summed E-state index contributed by atoms with van der Waals surface area (Å²) in [5.41, 5.74) is 1.77. The number of nitrogens with one attached hydrogen (secondary N) is 2. The third-order valence-electron chi connectivity index (χ3n) is 4.73. The summed E-state index contributed by atoms with van der Waals surface area (Å²) in [4.78, 5) is 32.5.